The summed E-state index contributed by atoms with van der Waals surface area (Å²) in [5.41, 5.74) is 0.262. The smallest absolute Gasteiger partial charge is 0.276 e. The van der Waals surface area contributed by atoms with Crippen molar-refractivity contribution in [2.24, 2.45) is 5.92 Å². The average molecular weight is 248 g/mol. The predicted molar refractivity (Wildman–Crippen MR) is 60.7 cm³/mol. The maximum Gasteiger partial charge on any atom is 0.276 e. The Labute approximate surface area is 103 Å². The van der Waals surface area contributed by atoms with Crippen molar-refractivity contribution in [1.82, 2.24) is 10.1 Å². The van der Waals surface area contributed by atoms with Crippen LogP contribution in [0.15, 0.2) is 33.4 Å². The van der Waals surface area contributed by atoms with Crippen LogP contribution in [0, 0.1) is 5.92 Å². The van der Waals surface area contributed by atoms with Gasteiger partial charge in [-0.05, 0) is 12.1 Å². The molecule has 94 valence electrons. The number of carbonyl (C=O) groups is 1. The van der Waals surface area contributed by atoms with E-state index in [9.17, 15) is 4.79 Å². The number of furan rings is 1. The molecule has 3 rings (SSSR count). The quantitative estimate of drug-likeness (QED) is 0.876. The van der Waals surface area contributed by atoms with Gasteiger partial charge >= 0.3 is 0 Å². The number of aliphatic hydroxyl groups is 1. The standard InChI is InChI=1S/C12H12N2O4/c15-7-8-5-14(6-8)12(16)9-4-11(18-13-9)10-2-1-3-17-10/h1-4,8,15H,5-7H2. The lowest BCUT2D eigenvalue weighted by Crippen LogP contribution is -2.51. The molecular formula is C12H12N2O4. The molecule has 2 aromatic heterocycles. The number of likely N-dealkylation sites (tertiary alicyclic amines) is 1. The van der Waals surface area contributed by atoms with Crippen molar-refractivity contribution in [2.45, 2.75) is 0 Å². The Morgan fingerprint density at radius 3 is 3.00 bits per heavy atom. The third-order valence-corrected chi connectivity index (χ3v) is 3.00. The van der Waals surface area contributed by atoms with Crippen LogP contribution in [0.4, 0.5) is 0 Å². The molecule has 0 saturated carbocycles. The molecule has 1 fully saturated rings. The summed E-state index contributed by atoms with van der Waals surface area (Å²) in [4.78, 5) is 13.6. The monoisotopic (exact) mass is 248 g/mol. The van der Waals surface area contributed by atoms with Gasteiger partial charge in [-0.15, -0.1) is 0 Å². The normalized spacial score (nSPS) is 15.7. The van der Waals surface area contributed by atoms with E-state index >= 15 is 0 Å². The molecule has 2 aromatic rings. The zero-order valence-corrected chi connectivity index (χ0v) is 9.57. The molecular weight excluding hydrogens is 236 g/mol. The number of rotatable bonds is 3. The van der Waals surface area contributed by atoms with Crippen molar-refractivity contribution in [3.8, 4) is 11.5 Å². The van der Waals surface area contributed by atoms with Crippen LogP contribution in [0.1, 0.15) is 10.5 Å². The first-order chi connectivity index (χ1) is 8.78. The molecule has 0 aromatic carbocycles. The van der Waals surface area contributed by atoms with Gasteiger partial charge in [-0.3, -0.25) is 4.79 Å². The van der Waals surface area contributed by atoms with E-state index in [1.807, 2.05) is 0 Å². The molecule has 0 spiro atoms. The number of hydrogen-bond donors (Lipinski definition) is 1. The van der Waals surface area contributed by atoms with Crippen molar-refractivity contribution in [2.75, 3.05) is 19.7 Å². The SMILES string of the molecule is O=C(c1cc(-c2ccco2)on1)N1CC(CO)C1. The highest BCUT2D eigenvalue weighted by atomic mass is 16.5. The minimum Gasteiger partial charge on any atom is -0.461 e. The van der Waals surface area contributed by atoms with Crippen LogP contribution in [-0.4, -0.2) is 40.8 Å². The minimum absolute atomic E-state index is 0.111. The summed E-state index contributed by atoms with van der Waals surface area (Å²) < 4.78 is 10.2. The van der Waals surface area contributed by atoms with Gasteiger partial charge in [0.1, 0.15) is 0 Å². The highest BCUT2D eigenvalue weighted by Crippen LogP contribution is 2.23. The number of aromatic nitrogens is 1. The summed E-state index contributed by atoms with van der Waals surface area (Å²) in [7, 11) is 0. The topological polar surface area (TPSA) is 79.7 Å². The van der Waals surface area contributed by atoms with E-state index in [4.69, 9.17) is 14.0 Å². The van der Waals surface area contributed by atoms with Crippen LogP contribution < -0.4 is 0 Å². The second-order valence-corrected chi connectivity index (χ2v) is 4.31. The molecule has 1 aliphatic heterocycles. The molecule has 1 amide bonds. The summed E-state index contributed by atoms with van der Waals surface area (Å²) in [6.07, 6.45) is 1.53. The summed E-state index contributed by atoms with van der Waals surface area (Å²) in [6, 6.07) is 5.04. The van der Waals surface area contributed by atoms with Crippen molar-refractivity contribution < 1.29 is 18.8 Å². The fourth-order valence-electron chi connectivity index (χ4n) is 1.92. The first-order valence-electron chi connectivity index (χ1n) is 5.68. The minimum atomic E-state index is -0.179. The van der Waals surface area contributed by atoms with Crippen LogP contribution in [0.3, 0.4) is 0 Å². The van der Waals surface area contributed by atoms with E-state index in [0.717, 1.165) is 0 Å². The maximum absolute atomic E-state index is 12.0. The zero-order valence-electron chi connectivity index (χ0n) is 9.57. The maximum atomic E-state index is 12.0. The van der Waals surface area contributed by atoms with Gasteiger partial charge in [-0.25, -0.2) is 0 Å². The van der Waals surface area contributed by atoms with Crippen molar-refractivity contribution >= 4 is 5.91 Å². The predicted octanol–water partition coefficient (Wildman–Crippen LogP) is 0.999. The Hall–Kier alpha value is -2.08. The molecule has 0 aliphatic carbocycles. The number of amides is 1. The second kappa shape index (κ2) is 4.30. The average Bonchev–Trinajstić information content (AvgIpc) is 2.98. The van der Waals surface area contributed by atoms with E-state index in [1.54, 1.807) is 23.1 Å². The Bertz CT molecular complexity index is 540. The number of aliphatic hydroxyl groups excluding tert-OH is 1. The Morgan fingerprint density at radius 1 is 1.50 bits per heavy atom. The molecule has 1 aliphatic rings. The molecule has 18 heavy (non-hydrogen) atoms. The second-order valence-electron chi connectivity index (χ2n) is 4.31. The fourth-order valence-corrected chi connectivity index (χ4v) is 1.92. The molecule has 0 bridgehead atoms. The fraction of sp³-hybridized carbons (Fsp3) is 0.333. The van der Waals surface area contributed by atoms with Crippen LogP contribution >= 0.6 is 0 Å². The van der Waals surface area contributed by atoms with E-state index in [0.29, 0.717) is 24.6 Å². The van der Waals surface area contributed by atoms with E-state index in [-0.39, 0.29) is 24.1 Å². The first-order valence-corrected chi connectivity index (χ1v) is 5.68. The lowest BCUT2D eigenvalue weighted by Gasteiger charge is -2.37. The Kier molecular flexibility index (Phi) is 2.64. The third kappa shape index (κ3) is 1.80. The molecule has 0 radical (unpaired) electrons. The summed E-state index contributed by atoms with van der Waals surface area (Å²) in [6.45, 7) is 1.25. The van der Waals surface area contributed by atoms with Gasteiger partial charge in [0, 0.05) is 31.7 Å². The van der Waals surface area contributed by atoms with Crippen LogP contribution in [0.25, 0.3) is 11.5 Å². The van der Waals surface area contributed by atoms with Gasteiger partial charge in [0.25, 0.3) is 5.91 Å². The molecule has 1 N–H and O–H groups in total. The largest absolute Gasteiger partial charge is 0.461 e. The van der Waals surface area contributed by atoms with Gasteiger partial charge in [0.2, 0.25) is 5.76 Å². The number of carbonyl (C=O) groups excluding carboxylic acids is 1. The molecule has 3 heterocycles. The van der Waals surface area contributed by atoms with Gasteiger partial charge in [0.15, 0.2) is 11.5 Å². The van der Waals surface area contributed by atoms with Crippen molar-refractivity contribution in [1.29, 1.82) is 0 Å². The molecule has 6 nitrogen and oxygen atoms in total. The molecule has 6 heteroatoms. The van der Waals surface area contributed by atoms with Crippen LogP contribution in [0.2, 0.25) is 0 Å². The van der Waals surface area contributed by atoms with Gasteiger partial charge in [-0.1, -0.05) is 5.16 Å². The third-order valence-electron chi connectivity index (χ3n) is 3.00. The van der Waals surface area contributed by atoms with Crippen LogP contribution in [0.5, 0.6) is 0 Å². The van der Waals surface area contributed by atoms with Crippen molar-refractivity contribution in [3.63, 3.8) is 0 Å². The molecule has 0 unspecified atom stereocenters. The highest BCUT2D eigenvalue weighted by Gasteiger charge is 2.32. The van der Waals surface area contributed by atoms with E-state index in [1.165, 1.54) is 6.26 Å². The Balaban J connectivity index is 1.72. The zero-order chi connectivity index (χ0) is 12.5. The lowest BCUT2D eigenvalue weighted by molar-refractivity contribution is 0.0353. The van der Waals surface area contributed by atoms with Gasteiger partial charge in [-0.2, -0.15) is 0 Å². The summed E-state index contributed by atoms with van der Waals surface area (Å²) in [5.74, 6) is 0.979. The Morgan fingerprint density at radius 2 is 2.33 bits per heavy atom. The molecule has 1 saturated heterocycles. The van der Waals surface area contributed by atoms with E-state index < -0.39 is 0 Å². The van der Waals surface area contributed by atoms with Crippen molar-refractivity contribution in [3.05, 3.63) is 30.2 Å². The lowest BCUT2D eigenvalue weighted by atomic mass is 10.0. The van der Waals surface area contributed by atoms with Gasteiger partial charge in [0.05, 0.1) is 6.26 Å². The highest BCUT2D eigenvalue weighted by molar-refractivity contribution is 5.93. The first kappa shape index (κ1) is 11.0. The van der Waals surface area contributed by atoms with E-state index in [2.05, 4.69) is 5.16 Å². The number of nitrogens with zero attached hydrogens (tertiary/aromatic N) is 2. The van der Waals surface area contributed by atoms with Gasteiger partial charge < -0.3 is 18.9 Å². The summed E-state index contributed by atoms with van der Waals surface area (Å²) >= 11 is 0. The summed E-state index contributed by atoms with van der Waals surface area (Å²) in [5, 5.41) is 12.6. The molecule has 0 atom stereocenters. The number of hydrogen-bond acceptors (Lipinski definition) is 5. The van der Waals surface area contributed by atoms with Crippen LogP contribution in [-0.2, 0) is 0 Å².